The third kappa shape index (κ3) is 3.45. The van der Waals surface area contributed by atoms with Gasteiger partial charge in [-0.25, -0.2) is 13.1 Å². The molecule has 4 nitrogen and oxygen atoms in total. The van der Waals surface area contributed by atoms with Gasteiger partial charge in [-0.3, -0.25) is 0 Å². The Morgan fingerprint density at radius 3 is 2.75 bits per heavy atom. The minimum absolute atomic E-state index is 0.0446. The second-order valence-electron chi connectivity index (χ2n) is 3.38. The van der Waals surface area contributed by atoms with Gasteiger partial charge in [-0.05, 0) is 31.0 Å². The highest BCUT2D eigenvalue weighted by Gasteiger charge is 2.16. The zero-order valence-electron chi connectivity index (χ0n) is 8.90. The number of aliphatic hydroxyl groups is 1. The molecule has 1 aromatic rings. The van der Waals surface area contributed by atoms with E-state index < -0.39 is 10.0 Å². The lowest BCUT2D eigenvalue weighted by molar-refractivity contribution is 0.289. The number of sulfonamides is 1. The molecular weight excluding hydrogens is 250 g/mol. The molecule has 16 heavy (non-hydrogen) atoms. The van der Waals surface area contributed by atoms with E-state index in [-0.39, 0.29) is 18.0 Å². The van der Waals surface area contributed by atoms with Crippen molar-refractivity contribution >= 4 is 21.6 Å². The fourth-order valence-corrected chi connectivity index (χ4v) is 2.81. The van der Waals surface area contributed by atoms with Crippen molar-refractivity contribution < 1.29 is 13.5 Å². The van der Waals surface area contributed by atoms with Crippen molar-refractivity contribution in [1.82, 2.24) is 4.72 Å². The third-order valence-corrected chi connectivity index (χ3v) is 3.90. The van der Waals surface area contributed by atoms with Crippen LogP contribution in [0.1, 0.15) is 12.0 Å². The number of halogens is 1. The Hall–Kier alpha value is -0.620. The first kappa shape index (κ1) is 13.4. The van der Waals surface area contributed by atoms with E-state index in [4.69, 9.17) is 16.7 Å². The van der Waals surface area contributed by atoms with Crippen LogP contribution in [0.5, 0.6) is 0 Å². The first-order valence-corrected chi connectivity index (χ1v) is 6.70. The molecule has 0 saturated carbocycles. The van der Waals surface area contributed by atoms with E-state index in [1.54, 1.807) is 19.1 Å². The van der Waals surface area contributed by atoms with E-state index in [0.717, 1.165) is 0 Å². The Balaban J connectivity index is 2.93. The number of aryl methyl sites for hydroxylation is 1. The Morgan fingerprint density at radius 1 is 1.44 bits per heavy atom. The first-order valence-electron chi connectivity index (χ1n) is 4.84. The second-order valence-corrected chi connectivity index (χ2v) is 5.56. The van der Waals surface area contributed by atoms with Crippen molar-refractivity contribution in [3.63, 3.8) is 0 Å². The normalized spacial score (nSPS) is 11.7. The lowest BCUT2D eigenvalue weighted by atomic mass is 10.2. The summed E-state index contributed by atoms with van der Waals surface area (Å²) in [6.45, 7) is 1.87. The van der Waals surface area contributed by atoms with Crippen LogP contribution in [0.2, 0.25) is 5.02 Å². The van der Waals surface area contributed by atoms with E-state index in [1.807, 2.05) is 0 Å². The Kier molecular flexibility index (Phi) is 4.73. The molecule has 0 saturated heterocycles. The number of nitrogens with one attached hydrogen (secondary N) is 1. The van der Waals surface area contributed by atoms with Gasteiger partial charge < -0.3 is 5.11 Å². The van der Waals surface area contributed by atoms with Gasteiger partial charge >= 0.3 is 0 Å². The summed E-state index contributed by atoms with van der Waals surface area (Å²) in [4.78, 5) is 0.179. The average molecular weight is 264 g/mol. The van der Waals surface area contributed by atoms with Crippen molar-refractivity contribution in [2.45, 2.75) is 18.2 Å². The highest BCUT2D eigenvalue weighted by Crippen LogP contribution is 2.19. The van der Waals surface area contributed by atoms with Gasteiger partial charge in [-0.1, -0.05) is 17.7 Å². The van der Waals surface area contributed by atoms with Crippen LogP contribution in [0.25, 0.3) is 0 Å². The maximum atomic E-state index is 11.8. The third-order valence-electron chi connectivity index (χ3n) is 2.07. The molecule has 0 heterocycles. The zero-order valence-corrected chi connectivity index (χ0v) is 10.5. The molecule has 2 N–H and O–H groups in total. The summed E-state index contributed by atoms with van der Waals surface area (Å²) in [5, 5.41) is 8.96. The SMILES string of the molecule is Cc1ccc(Cl)cc1S(=O)(=O)NCCCO. The van der Waals surface area contributed by atoms with Crippen molar-refractivity contribution in [2.75, 3.05) is 13.2 Å². The summed E-state index contributed by atoms with van der Waals surface area (Å²) in [5.41, 5.74) is 0.640. The predicted molar refractivity (Wildman–Crippen MR) is 63.1 cm³/mol. The molecule has 90 valence electrons. The van der Waals surface area contributed by atoms with Crippen LogP contribution >= 0.6 is 11.6 Å². The lowest BCUT2D eigenvalue weighted by Crippen LogP contribution is -2.26. The molecule has 0 spiro atoms. The smallest absolute Gasteiger partial charge is 0.240 e. The van der Waals surface area contributed by atoms with Gasteiger partial charge in [-0.15, -0.1) is 0 Å². The fraction of sp³-hybridized carbons (Fsp3) is 0.400. The van der Waals surface area contributed by atoms with E-state index in [2.05, 4.69) is 4.72 Å². The van der Waals surface area contributed by atoms with Crippen LogP contribution < -0.4 is 4.72 Å². The van der Waals surface area contributed by atoms with E-state index in [9.17, 15) is 8.42 Å². The molecule has 0 aliphatic rings. The standard InChI is InChI=1S/C10H14ClNO3S/c1-8-3-4-9(11)7-10(8)16(14,15)12-5-2-6-13/h3-4,7,12-13H,2,5-6H2,1H3. The van der Waals surface area contributed by atoms with Gasteiger partial charge in [0.05, 0.1) is 4.90 Å². The summed E-state index contributed by atoms with van der Waals surface area (Å²) in [6.07, 6.45) is 0.388. The van der Waals surface area contributed by atoms with Gasteiger partial charge in [-0.2, -0.15) is 0 Å². The molecule has 0 amide bonds. The molecule has 0 aromatic heterocycles. The lowest BCUT2D eigenvalue weighted by Gasteiger charge is -2.08. The topological polar surface area (TPSA) is 66.4 Å². The van der Waals surface area contributed by atoms with Crippen molar-refractivity contribution in [3.05, 3.63) is 28.8 Å². The molecule has 0 radical (unpaired) electrons. The molecule has 1 rings (SSSR count). The summed E-state index contributed by atoms with van der Waals surface area (Å²) in [5.74, 6) is 0. The van der Waals surface area contributed by atoms with Gasteiger partial charge in [0, 0.05) is 18.2 Å². The quantitative estimate of drug-likeness (QED) is 0.787. The second kappa shape index (κ2) is 5.63. The van der Waals surface area contributed by atoms with Crippen molar-refractivity contribution in [3.8, 4) is 0 Å². The maximum Gasteiger partial charge on any atom is 0.240 e. The summed E-state index contributed by atoms with van der Waals surface area (Å²) in [6, 6.07) is 4.71. The van der Waals surface area contributed by atoms with Gasteiger partial charge in [0.2, 0.25) is 10.0 Å². The minimum atomic E-state index is -3.53. The zero-order chi connectivity index (χ0) is 12.2. The molecule has 1 aromatic carbocycles. The van der Waals surface area contributed by atoms with Crippen LogP contribution in [0.15, 0.2) is 23.1 Å². The molecule has 0 bridgehead atoms. The molecule has 6 heteroatoms. The van der Waals surface area contributed by atoms with Crippen molar-refractivity contribution in [2.24, 2.45) is 0 Å². The number of hydrogen-bond donors (Lipinski definition) is 2. The fourth-order valence-electron chi connectivity index (χ4n) is 1.23. The average Bonchev–Trinajstić information content (AvgIpc) is 2.22. The van der Waals surface area contributed by atoms with Crippen molar-refractivity contribution in [1.29, 1.82) is 0 Å². The summed E-state index contributed by atoms with van der Waals surface area (Å²) < 4.78 is 26.1. The van der Waals surface area contributed by atoms with E-state index >= 15 is 0 Å². The Morgan fingerprint density at radius 2 is 2.12 bits per heavy atom. The molecule has 0 atom stereocenters. The monoisotopic (exact) mass is 263 g/mol. The first-order chi connectivity index (χ1) is 7.47. The minimum Gasteiger partial charge on any atom is -0.396 e. The van der Waals surface area contributed by atoms with Gasteiger partial charge in [0.15, 0.2) is 0 Å². The van der Waals surface area contributed by atoms with Crippen LogP contribution in [0, 0.1) is 6.92 Å². The Labute approximate surface area is 100 Å². The molecule has 0 fully saturated rings. The summed E-state index contributed by atoms with van der Waals surface area (Å²) >= 11 is 5.75. The molecule has 0 unspecified atom stereocenters. The molecule has 0 aliphatic heterocycles. The Bertz CT molecular complexity index is 459. The van der Waals surface area contributed by atoms with Gasteiger partial charge in [0.25, 0.3) is 0 Å². The number of hydrogen-bond acceptors (Lipinski definition) is 3. The number of benzene rings is 1. The maximum absolute atomic E-state index is 11.8. The summed E-state index contributed by atoms with van der Waals surface area (Å²) in [7, 11) is -3.53. The van der Waals surface area contributed by atoms with Crippen LogP contribution in [0.4, 0.5) is 0 Å². The van der Waals surface area contributed by atoms with E-state index in [0.29, 0.717) is 17.0 Å². The van der Waals surface area contributed by atoms with Crippen LogP contribution in [-0.4, -0.2) is 26.7 Å². The molecule has 0 aliphatic carbocycles. The largest absolute Gasteiger partial charge is 0.396 e. The highest BCUT2D eigenvalue weighted by atomic mass is 35.5. The van der Waals surface area contributed by atoms with Gasteiger partial charge in [0.1, 0.15) is 0 Å². The number of rotatable bonds is 5. The van der Waals surface area contributed by atoms with Crippen LogP contribution in [0.3, 0.4) is 0 Å². The highest BCUT2D eigenvalue weighted by molar-refractivity contribution is 7.89. The van der Waals surface area contributed by atoms with E-state index in [1.165, 1.54) is 6.07 Å². The number of aliphatic hydroxyl groups excluding tert-OH is 1. The predicted octanol–water partition coefficient (Wildman–Crippen LogP) is 1.31. The molecular formula is C10H14ClNO3S. The van der Waals surface area contributed by atoms with Crippen LogP contribution in [-0.2, 0) is 10.0 Å².